The van der Waals surface area contributed by atoms with E-state index in [2.05, 4.69) is 15.9 Å². The van der Waals surface area contributed by atoms with Crippen LogP contribution < -0.4 is 4.90 Å². The second kappa shape index (κ2) is 12.2. The monoisotopic (exact) mass is 735 g/mol. The quantitative estimate of drug-likeness (QED) is 0.171. The van der Waals surface area contributed by atoms with Crippen molar-refractivity contribution in [3.63, 3.8) is 0 Å². The normalized spacial score (nSPS) is 14.4. The van der Waals surface area contributed by atoms with Gasteiger partial charge in [-0.3, -0.25) is 9.59 Å². The lowest BCUT2D eigenvalue weighted by Crippen LogP contribution is -2.50. The highest BCUT2D eigenvalue weighted by Gasteiger charge is 2.73. The summed E-state index contributed by atoms with van der Waals surface area (Å²) < 4.78 is 151. The summed E-state index contributed by atoms with van der Waals surface area (Å²) in [5.41, 5.74) is -13.1. The van der Waals surface area contributed by atoms with E-state index in [0.29, 0.717) is 5.02 Å². The fourth-order valence-electron chi connectivity index (χ4n) is 4.55. The smallest absolute Gasteiger partial charge is 0.305 e. The third-order valence-electron chi connectivity index (χ3n) is 7.06. The molecule has 1 saturated carbocycles. The molecule has 0 unspecified atom stereocenters. The van der Waals surface area contributed by atoms with Gasteiger partial charge < -0.3 is 4.90 Å². The number of halogens is 13. The van der Waals surface area contributed by atoms with E-state index < -0.39 is 86.6 Å². The zero-order valence-corrected chi connectivity index (χ0v) is 24.6. The van der Waals surface area contributed by atoms with Crippen molar-refractivity contribution in [2.45, 2.75) is 43.5 Å². The van der Waals surface area contributed by atoms with Crippen LogP contribution >= 0.6 is 27.5 Å². The van der Waals surface area contributed by atoms with Crippen molar-refractivity contribution in [3.8, 4) is 0 Å². The highest BCUT2D eigenvalue weighted by Crippen LogP contribution is 2.54. The van der Waals surface area contributed by atoms with Crippen LogP contribution in [0.2, 0.25) is 5.02 Å². The summed E-state index contributed by atoms with van der Waals surface area (Å²) in [5, 5.41) is 0.311. The first kappa shape index (κ1) is 34.7. The minimum atomic E-state index is -6.70. The second-order valence-corrected chi connectivity index (χ2v) is 11.5. The van der Waals surface area contributed by atoms with E-state index in [9.17, 15) is 53.5 Å². The van der Waals surface area contributed by atoms with Crippen molar-refractivity contribution in [3.05, 3.63) is 97.7 Å². The molecular formula is C29H18BrClF11NO2. The van der Waals surface area contributed by atoms with Crippen molar-refractivity contribution in [2.75, 3.05) is 11.4 Å². The predicted octanol–water partition coefficient (Wildman–Crippen LogP) is 10.0. The molecule has 0 aromatic heterocycles. The molecule has 1 fully saturated rings. The highest BCUT2D eigenvalue weighted by molar-refractivity contribution is 9.10. The molecular weight excluding hydrogens is 719 g/mol. The summed E-state index contributed by atoms with van der Waals surface area (Å²) in [6.45, 7) is 0.0324. The van der Waals surface area contributed by atoms with Crippen LogP contribution in [0.25, 0.3) is 0 Å². The maximum absolute atomic E-state index is 15.8. The number of hydrogen-bond donors (Lipinski definition) is 0. The molecule has 3 aromatic carbocycles. The number of alkyl halides is 10. The number of carbonyl (C=O) groups is 2. The number of hydrogen-bond acceptors (Lipinski definition) is 2. The summed E-state index contributed by atoms with van der Waals surface area (Å²) in [7, 11) is 0. The third kappa shape index (κ3) is 6.98. The molecule has 0 heterocycles. The predicted molar refractivity (Wildman–Crippen MR) is 144 cm³/mol. The van der Waals surface area contributed by atoms with E-state index in [1.165, 1.54) is 24.3 Å². The summed E-state index contributed by atoms with van der Waals surface area (Å²) >= 11 is 8.31. The average Bonchev–Trinajstić information content (AvgIpc) is 3.75. The Morgan fingerprint density at radius 3 is 1.96 bits per heavy atom. The van der Waals surface area contributed by atoms with Crippen LogP contribution in [0, 0.1) is 11.7 Å². The topological polar surface area (TPSA) is 37.4 Å². The summed E-state index contributed by atoms with van der Waals surface area (Å²) in [6, 6.07) is 7.94. The molecule has 0 spiro atoms. The van der Waals surface area contributed by atoms with Gasteiger partial charge in [0.05, 0.1) is 16.8 Å². The van der Waals surface area contributed by atoms with Gasteiger partial charge in [-0.05, 0) is 72.9 Å². The Kier molecular flexibility index (Phi) is 9.39. The van der Waals surface area contributed by atoms with Crippen molar-refractivity contribution in [2.24, 2.45) is 5.92 Å². The summed E-state index contributed by atoms with van der Waals surface area (Å²) in [4.78, 5) is 27.5. The van der Waals surface area contributed by atoms with E-state index in [1.54, 1.807) is 0 Å². The molecule has 0 aliphatic heterocycles. The van der Waals surface area contributed by atoms with Gasteiger partial charge in [-0.2, -0.15) is 39.5 Å². The fourth-order valence-corrected chi connectivity index (χ4v) is 5.28. The van der Waals surface area contributed by atoms with Gasteiger partial charge in [-0.1, -0.05) is 33.6 Å². The van der Waals surface area contributed by atoms with Crippen LogP contribution in [0.15, 0.2) is 59.1 Å². The van der Waals surface area contributed by atoms with E-state index >= 15 is 4.39 Å². The van der Waals surface area contributed by atoms with Crippen molar-refractivity contribution < 1.29 is 57.9 Å². The van der Waals surface area contributed by atoms with Gasteiger partial charge in [0.25, 0.3) is 5.91 Å². The molecule has 1 aliphatic rings. The minimum absolute atomic E-state index is 0.000146. The van der Waals surface area contributed by atoms with Gasteiger partial charge in [0.1, 0.15) is 0 Å². The molecule has 1 aliphatic carbocycles. The molecule has 4 rings (SSSR count). The number of ketones is 1. The lowest BCUT2D eigenvalue weighted by Gasteiger charge is -2.31. The third-order valence-corrected chi connectivity index (χ3v) is 8.02. The number of benzene rings is 3. The van der Waals surface area contributed by atoms with Gasteiger partial charge >= 0.3 is 24.2 Å². The van der Waals surface area contributed by atoms with Gasteiger partial charge in [0, 0.05) is 33.6 Å². The first-order chi connectivity index (χ1) is 20.7. The van der Waals surface area contributed by atoms with Gasteiger partial charge in [0.15, 0.2) is 11.6 Å². The lowest BCUT2D eigenvalue weighted by atomic mass is 9.89. The Morgan fingerprint density at radius 2 is 1.44 bits per heavy atom. The Bertz CT molecular complexity index is 1600. The van der Waals surface area contributed by atoms with E-state index in [4.69, 9.17) is 11.6 Å². The molecule has 1 amide bonds. The lowest BCUT2D eigenvalue weighted by molar-refractivity contribution is -0.348. The van der Waals surface area contributed by atoms with E-state index in [0.717, 1.165) is 35.9 Å². The van der Waals surface area contributed by atoms with E-state index in [-0.39, 0.29) is 24.1 Å². The van der Waals surface area contributed by atoms with Gasteiger partial charge in [0.2, 0.25) is 0 Å². The van der Waals surface area contributed by atoms with Crippen LogP contribution in [0.5, 0.6) is 0 Å². The number of Topliss-reactive ketones (excluding diaryl/α,β-unsaturated/α-hetero) is 1. The van der Waals surface area contributed by atoms with Crippen LogP contribution in [0.3, 0.4) is 0 Å². The zero-order valence-electron chi connectivity index (χ0n) is 22.3. The maximum Gasteiger partial charge on any atom is 0.435 e. The zero-order chi connectivity index (χ0) is 33.7. The Hall–Kier alpha value is -3.20. The first-order valence-corrected chi connectivity index (χ1v) is 14.0. The highest BCUT2D eigenvalue weighted by atomic mass is 79.9. The summed E-state index contributed by atoms with van der Waals surface area (Å²) in [5.74, 6) is -3.34. The molecule has 16 heteroatoms. The van der Waals surface area contributed by atoms with E-state index in [1.807, 2.05) is 0 Å². The molecule has 0 radical (unpaired) electrons. The van der Waals surface area contributed by atoms with Crippen LogP contribution in [-0.4, -0.2) is 30.6 Å². The molecule has 3 aromatic rings. The number of nitrogens with zero attached hydrogens (tertiary/aromatic N) is 1. The van der Waals surface area contributed by atoms with Crippen LogP contribution in [0.1, 0.15) is 50.2 Å². The van der Waals surface area contributed by atoms with Gasteiger partial charge in [-0.15, -0.1) is 0 Å². The molecule has 0 atom stereocenters. The molecule has 242 valence electrons. The maximum atomic E-state index is 15.8. The average molecular weight is 737 g/mol. The Balaban J connectivity index is 1.76. The van der Waals surface area contributed by atoms with Crippen LogP contribution in [-0.2, 0) is 18.3 Å². The minimum Gasteiger partial charge on any atom is -0.305 e. The largest absolute Gasteiger partial charge is 0.435 e. The number of anilines is 1. The molecule has 3 nitrogen and oxygen atoms in total. The van der Waals surface area contributed by atoms with Crippen molar-refractivity contribution in [1.82, 2.24) is 0 Å². The number of rotatable bonds is 8. The Morgan fingerprint density at radius 1 is 0.867 bits per heavy atom. The summed E-state index contributed by atoms with van der Waals surface area (Å²) in [6.07, 6.45) is -19.0. The number of carbonyl (C=O) groups excluding carboxylic acids is 2. The number of amides is 1. The Labute approximate surface area is 261 Å². The van der Waals surface area contributed by atoms with Crippen molar-refractivity contribution >= 4 is 44.9 Å². The molecule has 0 N–H and O–H groups in total. The molecule has 0 bridgehead atoms. The standard InChI is InChI=1S/C29H18BrClF11NO2/c30-21-11-16(26(33,28(37,38)39)29(40,41)42)10-20(27(34,35)36)19(21)12-23(44)18-2-1-3-22(24(18)32)43(13-14-4-5-14)25(45)15-6-8-17(31)9-7-15/h1-3,6-11,14H,4-5,12-13H2. The first-order valence-electron chi connectivity index (χ1n) is 12.8. The molecule has 45 heavy (non-hydrogen) atoms. The fraction of sp³-hybridized carbons (Fsp3) is 0.310. The van der Waals surface area contributed by atoms with Crippen LogP contribution in [0.4, 0.5) is 54.0 Å². The van der Waals surface area contributed by atoms with Gasteiger partial charge in [-0.25, -0.2) is 8.78 Å². The molecule has 0 saturated heterocycles. The SMILES string of the molecule is O=C(Cc1c(Br)cc(C(F)(C(F)(F)F)C(F)(F)F)cc1C(F)(F)F)c1cccc(N(CC2CC2)C(=O)c2ccc(Cl)cc2)c1F. The second-order valence-electron chi connectivity index (χ2n) is 10.2. The van der Waals surface area contributed by atoms with Crippen molar-refractivity contribution in [1.29, 1.82) is 0 Å².